The average molecular weight is 357 g/mol. The molecule has 1 amide bonds. The molecule has 1 saturated heterocycles. The highest BCUT2D eigenvalue weighted by molar-refractivity contribution is 6.30. The summed E-state index contributed by atoms with van der Waals surface area (Å²) >= 11 is 5.72. The van der Waals surface area contributed by atoms with E-state index in [2.05, 4.69) is 0 Å². The number of nitro benzene ring substituents is 1. The number of nitro groups is 1. The van der Waals surface area contributed by atoms with Crippen LogP contribution in [0.1, 0.15) is 19.3 Å². The van der Waals surface area contributed by atoms with Crippen LogP contribution in [0.2, 0.25) is 5.02 Å². The Morgan fingerprint density at radius 1 is 1.46 bits per heavy atom. The summed E-state index contributed by atoms with van der Waals surface area (Å²) in [4.78, 5) is 35.0. The number of benzene rings is 1. The van der Waals surface area contributed by atoms with E-state index in [9.17, 15) is 19.7 Å². The number of carbonyl (C=O) groups is 2. The third-order valence-corrected chi connectivity index (χ3v) is 4.05. The van der Waals surface area contributed by atoms with Gasteiger partial charge in [-0.15, -0.1) is 0 Å². The fraction of sp³-hybridized carbons (Fsp3) is 0.467. The second kappa shape index (κ2) is 7.96. The number of rotatable bonds is 6. The summed E-state index contributed by atoms with van der Waals surface area (Å²) in [5, 5.41) is 20.2. The van der Waals surface area contributed by atoms with Crippen molar-refractivity contribution in [1.29, 1.82) is 0 Å². The van der Waals surface area contributed by atoms with Gasteiger partial charge < -0.3 is 14.7 Å². The van der Waals surface area contributed by atoms with E-state index >= 15 is 0 Å². The number of carboxylic acids is 1. The fourth-order valence-corrected chi connectivity index (χ4v) is 2.73. The lowest BCUT2D eigenvalue weighted by Gasteiger charge is -2.30. The van der Waals surface area contributed by atoms with E-state index in [1.807, 2.05) is 0 Å². The summed E-state index contributed by atoms with van der Waals surface area (Å²) < 4.78 is 5.33. The van der Waals surface area contributed by atoms with Gasteiger partial charge in [0.2, 0.25) is 5.91 Å². The molecular weight excluding hydrogens is 340 g/mol. The van der Waals surface area contributed by atoms with E-state index in [1.54, 1.807) is 0 Å². The highest BCUT2D eigenvalue weighted by Crippen LogP contribution is 2.30. The molecule has 24 heavy (non-hydrogen) atoms. The molecule has 1 atom stereocenters. The minimum absolute atomic E-state index is 0.0200. The number of likely N-dealkylation sites (tertiary alicyclic amines) is 1. The molecule has 1 fully saturated rings. The minimum atomic E-state index is -0.902. The molecule has 8 nitrogen and oxygen atoms in total. The Morgan fingerprint density at radius 3 is 2.88 bits per heavy atom. The fourth-order valence-electron chi connectivity index (χ4n) is 2.57. The molecule has 0 aliphatic carbocycles. The van der Waals surface area contributed by atoms with Crippen LogP contribution < -0.4 is 4.74 Å². The van der Waals surface area contributed by atoms with Crippen molar-refractivity contribution < 1.29 is 24.4 Å². The number of ether oxygens (including phenoxy) is 1. The van der Waals surface area contributed by atoms with Crippen molar-refractivity contribution in [3.05, 3.63) is 33.3 Å². The zero-order chi connectivity index (χ0) is 17.7. The van der Waals surface area contributed by atoms with E-state index in [-0.39, 0.29) is 41.9 Å². The van der Waals surface area contributed by atoms with Crippen LogP contribution >= 0.6 is 11.6 Å². The van der Waals surface area contributed by atoms with Crippen LogP contribution in [-0.4, -0.2) is 46.5 Å². The second-order valence-corrected chi connectivity index (χ2v) is 5.92. The van der Waals surface area contributed by atoms with E-state index in [0.29, 0.717) is 19.4 Å². The first-order valence-corrected chi connectivity index (χ1v) is 7.83. The predicted octanol–water partition coefficient (Wildman–Crippen LogP) is 2.34. The van der Waals surface area contributed by atoms with Gasteiger partial charge in [0.05, 0.1) is 23.9 Å². The number of carboxylic acid groups (broad SMARTS) is 1. The Kier molecular flexibility index (Phi) is 5.97. The first kappa shape index (κ1) is 18.0. The molecule has 0 saturated carbocycles. The highest BCUT2D eigenvalue weighted by atomic mass is 35.5. The summed E-state index contributed by atoms with van der Waals surface area (Å²) in [5.41, 5.74) is -0.265. The number of aliphatic carboxylic acids is 1. The van der Waals surface area contributed by atoms with Crippen LogP contribution in [0.15, 0.2) is 18.2 Å². The zero-order valence-electron chi connectivity index (χ0n) is 12.8. The van der Waals surface area contributed by atoms with E-state index in [0.717, 1.165) is 0 Å². The summed E-state index contributed by atoms with van der Waals surface area (Å²) in [5.74, 6) is -1.63. The lowest BCUT2D eigenvalue weighted by atomic mass is 9.98. The molecule has 1 N–H and O–H groups in total. The first-order valence-electron chi connectivity index (χ1n) is 7.46. The number of nitrogens with zero attached hydrogens (tertiary/aromatic N) is 2. The lowest BCUT2D eigenvalue weighted by molar-refractivity contribution is -0.385. The van der Waals surface area contributed by atoms with Crippen molar-refractivity contribution in [2.75, 3.05) is 19.7 Å². The molecule has 9 heteroatoms. The SMILES string of the molecule is O=C(O)C1CCCN(C(=O)CCOc2ccc(Cl)cc2[N+](=O)[O-])C1. The first-order chi connectivity index (χ1) is 11.4. The lowest BCUT2D eigenvalue weighted by Crippen LogP contribution is -2.42. The van der Waals surface area contributed by atoms with Crippen LogP contribution in [0.4, 0.5) is 5.69 Å². The van der Waals surface area contributed by atoms with Gasteiger partial charge in [-0.3, -0.25) is 19.7 Å². The third kappa shape index (κ3) is 4.58. The Hall–Kier alpha value is -2.35. The average Bonchev–Trinajstić information content (AvgIpc) is 2.56. The molecule has 2 rings (SSSR count). The maximum absolute atomic E-state index is 12.1. The van der Waals surface area contributed by atoms with Gasteiger partial charge in [0, 0.05) is 24.2 Å². The molecule has 1 aliphatic heterocycles. The van der Waals surface area contributed by atoms with Gasteiger partial charge in [0.25, 0.3) is 0 Å². The van der Waals surface area contributed by atoms with Gasteiger partial charge in [0.15, 0.2) is 5.75 Å². The molecule has 0 aromatic heterocycles. The van der Waals surface area contributed by atoms with Crippen LogP contribution in [0, 0.1) is 16.0 Å². The number of carbonyl (C=O) groups excluding carboxylic acids is 1. The number of piperidine rings is 1. The number of hydrogen-bond donors (Lipinski definition) is 1. The maximum Gasteiger partial charge on any atom is 0.312 e. The molecule has 0 bridgehead atoms. The summed E-state index contributed by atoms with van der Waals surface area (Å²) in [6.07, 6.45) is 1.23. The van der Waals surface area contributed by atoms with Crippen LogP contribution in [-0.2, 0) is 9.59 Å². The van der Waals surface area contributed by atoms with Gasteiger partial charge in [-0.05, 0) is 25.0 Å². The molecule has 1 aliphatic rings. The normalized spacial score (nSPS) is 17.4. The summed E-state index contributed by atoms with van der Waals surface area (Å²) in [6, 6.07) is 4.03. The van der Waals surface area contributed by atoms with Gasteiger partial charge >= 0.3 is 11.7 Å². The van der Waals surface area contributed by atoms with Crippen molar-refractivity contribution >= 4 is 29.2 Å². The molecule has 0 spiro atoms. The summed E-state index contributed by atoms with van der Waals surface area (Å²) in [7, 11) is 0. The molecule has 1 aromatic rings. The van der Waals surface area contributed by atoms with Crippen LogP contribution in [0.25, 0.3) is 0 Å². The van der Waals surface area contributed by atoms with Crippen LogP contribution in [0.3, 0.4) is 0 Å². The number of halogens is 1. The molecule has 130 valence electrons. The monoisotopic (exact) mass is 356 g/mol. The van der Waals surface area contributed by atoms with E-state index in [4.69, 9.17) is 21.4 Å². The van der Waals surface area contributed by atoms with Crippen molar-refractivity contribution in [3.63, 3.8) is 0 Å². The third-order valence-electron chi connectivity index (χ3n) is 3.81. The van der Waals surface area contributed by atoms with Crippen molar-refractivity contribution in [2.45, 2.75) is 19.3 Å². The highest BCUT2D eigenvalue weighted by Gasteiger charge is 2.28. The van der Waals surface area contributed by atoms with Gasteiger partial charge in [0.1, 0.15) is 0 Å². The van der Waals surface area contributed by atoms with Crippen molar-refractivity contribution in [3.8, 4) is 5.75 Å². The largest absolute Gasteiger partial charge is 0.486 e. The topological polar surface area (TPSA) is 110 Å². The number of amides is 1. The Morgan fingerprint density at radius 2 is 2.21 bits per heavy atom. The molecule has 1 unspecified atom stereocenters. The number of hydrogen-bond acceptors (Lipinski definition) is 5. The van der Waals surface area contributed by atoms with Gasteiger partial charge in [-0.25, -0.2) is 0 Å². The molecule has 1 heterocycles. The van der Waals surface area contributed by atoms with E-state index in [1.165, 1.54) is 23.1 Å². The minimum Gasteiger partial charge on any atom is -0.486 e. The Labute approximate surface area is 143 Å². The van der Waals surface area contributed by atoms with Gasteiger partial charge in [-0.1, -0.05) is 11.6 Å². The quantitative estimate of drug-likeness (QED) is 0.618. The molecular formula is C15H17ClN2O6. The predicted molar refractivity (Wildman–Crippen MR) is 85.2 cm³/mol. The molecule has 1 aromatic carbocycles. The van der Waals surface area contributed by atoms with Crippen LogP contribution in [0.5, 0.6) is 5.75 Å². The molecule has 0 radical (unpaired) electrons. The van der Waals surface area contributed by atoms with Crippen molar-refractivity contribution in [2.24, 2.45) is 5.92 Å². The zero-order valence-corrected chi connectivity index (χ0v) is 13.6. The standard InChI is InChI=1S/C15H17ClN2O6/c16-11-3-4-13(12(8-11)18(22)23)24-7-5-14(19)17-6-1-2-10(9-17)15(20)21/h3-4,8,10H,1-2,5-7,9H2,(H,20,21). The summed E-state index contributed by atoms with van der Waals surface area (Å²) in [6.45, 7) is 0.675. The Balaban J connectivity index is 1.89. The maximum atomic E-state index is 12.1. The Bertz CT molecular complexity index is 651. The van der Waals surface area contributed by atoms with E-state index < -0.39 is 16.8 Å². The van der Waals surface area contributed by atoms with Gasteiger partial charge in [-0.2, -0.15) is 0 Å². The van der Waals surface area contributed by atoms with Crippen molar-refractivity contribution in [1.82, 2.24) is 4.90 Å². The second-order valence-electron chi connectivity index (χ2n) is 5.48. The smallest absolute Gasteiger partial charge is 0.312 e.